The highest BCUT2D eigenvalue weighted by molar-refractivity contribution is 7.16. The second kappa shape index (κ2) is 6.85. The standard InChI is InChI=1S/C19H24N2OS/c1-4-5-11-20-12-17-14(2)15(3)23-19(17)21(13-20)18(22)16-9-7-6-8-10-16/h6-10H,4-5,11-13H2,1-3H3/p+1. The third-order valence-electron chi connectivity index (χ3n) is 4.69. The molecule has 2 aromatic rings. The monoisotopic (exact) mass is 329 g/mol. The van der Waals surface area contributed by atoms with Crippen molar-refractivity contribution in [2.75, 3.05) is 18.1 Å². The second-order valence-electron chi connectivity index (χ2n) is 6.35. The Kier molecular flexibility index (Phi) is 4.83. The van der Waals surface area contributed by atoms with E-state index in [4.69, 9.17) is 0 Å². The Bertz CT molecular complexity index is 693. The highest BCUT2D eigenvalue weighted by Gasteiger charge is 2.33. The van der Waals surface area contributed by atoms with Crippen LogP contribution in [0.2, 0.25) is 0 Å². The van der Waals surface area contributed by atoms with E-state index in [1.807, 2.05) is 35.2 Å². The van der Waals surface area contributed by atoms with Gasteiger partial charge in [0.15, 0.2) is 6.67 Å². The lowest BCUT2D eigenvalue weighted by atomic mass is 10.1. The molecule has 1 aromatic carbocycles. The number of hydrogen-bond acceptors (Lipinski definition) is 2. The number of amides is 1. The molecule has 3 rings (SSSR count). The molecule has 1 aliphatic rings. The van der Waals surface area contributed by atoms with Crippen LogP contribution in [-0.4, -0.2) is 19.1 Å². The van der Waals surface area contributed by atoms with Crippen molar-refractivity contribution in [3.05, 3.63) is 51.9 Å². The third-order valence-corrected chi connectivity index (χ3v) is 5.96. The summed E-state index contributed by atoms with van der Waals surface area (Å²) in [7, 11) is 0. The number of fused-ring (bicyclic) bond motifs is 1. The number of carbonyl (C=O) groups excluding carboxylic acids is 1. The molecule has 0 radical (unpaired) electrons. The van der Waals surface area contributed by atoms with Gasteiger partial charge in [0.25, 0.3) is 5.91 Å². The molecule has 0 saturated carbocycles. The predicted octanol–water partition coefficient (Wildman–Crippen LogP) is 3.17. The average molecular weight is 329 g/mol. The second-order valence-corrected chi connectivity index (χ2v) is 7.56. The zero-order valence-corrected chi connectivity index (χ0v) is 15.0. The van der Waals surface area contributed by atoms with E-state index >= 15 is 0 Å². The van der Waals surface area contributed by atoms with Gasteiger partial charge in [-0.15, -0.1) is 11.3 Å². The van der Waals surface area contributed by atoms with Crippen LogP contribution in [0.1, 0.15) is 46.1 Å². The summed E-state index contributed by atoms with van der Waals surface area (Å²) in [5.74, 6) is 0.127. The molecule has 4 heteroatoms. The van der Waals surface area contributed by atoms with E-state index in [2.05, 4.69) is 20.8 Å². The van der Waals surface area contributed by atoms with Crippen molar-refractivity contribution >= 4 is 22.2 Å². The summed E-state index contributed by atoms with van der Waals surface area (Å²) in [4.78, 5) is 17.8. The molecule has 1 aromatic heterocycles. The molecule has 1 unspecified atom stereocenters. The highest BCUT2D eigenvalue weighted by atomic mass is 32.1. The van der Waals surface area contributed by atoms with E-state index in [0.29, 0.717) is 0 Å². The summed E-state index contributed by atoms with van der Waals surface area (Å²) in [6.45, 7) is 9.53. The normalized spacial score (nSPS) is 17.2. The Morgan fingerprint density at radius 1 is 1.26 bits per heavy atom. The van der Waals surface area contributed by atoms with Gasteiger partial charge in [-0.2, -0.15) is 0 Å². The lowest BCUT2D eigenvalue weighted by molar-refractivity contribution is -0.914. The molecule has 0 fully saturated rings. The molecule has 122 valence electrons. The van der Waals surface area contributed by atoms with Gasteiger partial charge in [0.2, 0.25) is 0 Å². The van der Waals surface area contributed by atoms with Crippen molar-refractivity contribution < 1.29 is 9.69 Å². The van der Waals surface area contributed by atoms with E-state index in [1.165, 1.54) is 33.7 Å². The first-order chi connectivity index (χ1) is 11.1. The molecule has 1 N–H and O–H groups in total. The lowest BCUT2D eigenvalue weighted by Crippen LogP contribution is -3.13. The van der Waals surface area contributed by atoms with Crippen LogP contribution in [-0.2, 0) is 6.54 Å². The lowest BCUT2D eigenvalue weighted by Gasteiger charge is -2.33. The third kappa shape index (κ3) is 3.19. The minimum Gasteiger partial charge on any atom is -0.314 e. The quantitative estimate of drug-likeness (QED) is 0.915. The van der Waals surface area contributed by atoms with Crippen LogP contribution in [0, 0.1) is 13.8 Å². The number of quaternary nitrogens is 1. The predicted molar refractivity (Wildman–Crippen MR) is 96.4 cm³/mol. The molecule has 0 spiro atoms. The van der Waals surface area contributed by atoms with Crippen LogP contribution >= 0.6 is 11.3 Å². The Balaban J connectivity index is 1.95. The van der Waals surface area contributed by atoms with E-state index in [1.54, 1.807) is 11.3 Å². The summed E-state index contributed by atoms with van der Waals surface area (Å²) < 4.78 is 0. The number of nitrogens with zero attached hydrogens (tertiary/aromatic N) is 1. The van der Waals surface area contributed by atoms with E-state index in [-0.39, 0.29) is 5.91 Å². The number of thiophene rings is 1. The Morgan fingerprint density at radius 3 is 2.70 bits per heavy atom. The molecule has 0 saturated heterocycles. The summed E-state index contributed by atoms with van der Waals surface area (Å²) in [6, 6.07) is 9.65. The van der Waals surface area contributed by atoms with E-state index < -0.39 is 0 Å². The summed E-state index contributed by atoms with van der Waals surface area (Å²) >= 11 is 1.77. The van der Waals surface area contributed by atoms with Gasteiger partial charge in [0.1, 0.15) is 11.5 Å². The minimum absolute atomic E-state index is 0.127. The number of nitrogens with one attached hydrogen (secondary N) is 1. The fourth-order valence-corrected chi connectivity index (χ4v) is 4.35. The van der Waals surface area contributed by atoms with Crippen molar-refractivity contribution in [3.63, 3.8) is 0 Å². The molecule has 1 aliphatic heterocycles. The maximum absolute atomic E-state index is 13.0. The summed E-state index contributed by atoms with van der Waals surface area (Å²) in [5, 5.41) is 1.16. The molecule has 0 aliphatic carbocycles. The van der Waals surface area contributed by atoms with Gasteiger partial charge in [0, 0.05) is 16.0 Å². The topological polar surface area (TPSA) is 24.8 Å². The van der Waals surface area contributed by atoms with Crippen LogP contribution in [0.25, 0.3) is 0 Å². The molecule has 3 nitrogen and oxygen atoms in total. The summed E-state index contributed by atoms with van der Waals surface area (Å²) in [5.41, 5.74) is 3.51. The average Bonchev–Trinajstić information content (AvgIpc) is 2.87. The molecular formula is C19H25N2OS+. The number of carbonyl (C=O) groups is 1. The van der Waals surface area contributed by atoms with Crippen LogP contribution < -0.4 is 9.80 Å². The number of aryl methyl sites for hydroxylation is 1. The zero-order valence-electron chi connectivity index (χ0n) is 14.2. The minimum atomic E-state index is 0.127. The van der Waals surface area contributed by atoms with Gasteiger partial charge in [-0.1, -0.05) is 31.5 Å². The fraction of sp³-hybridized carbons (Fsp3) is 0.421. The van der Waals surface area contributed by atoms with Gasteiger partial charge < -0.3 is 4.90 Å². The van der Waals surface area contributed by atoms with Crippen molar-refractivity contribution in [2.24, 2.45) is 0 Å². The first-order valence-corrected chi connectivity index (χ1v) is 9.22. The molecular weight excluding hydrogens is 304 g/mol. The van der Waals surface area contributed by atoms with Gasteiger partial charge >= 0.3 is 0 Å². The first kappa shape index (κ1) is 16.2. The van der Waals surface area contributed by atoms with E-state index in [0.717, 1.165) is 30.3 Å². The van der Waals surface area contributed by atoms with Gasteiger partial charge in [-0.05, 0) is 38.0 Å². The smallest absolute Gasteiger partial charge is 0.263 e. The Hall–Kier alpha value is -1.65. The highest BCUT2D eigenvalue weighted by Crippen LogP contribution is 2.36. The van der Waals surface area contributed by atoms with Gasteiger partial charge in [0.05, 0.1) is 6.54 Å². The number of benzene rings is 1. The maximum atomic E-state index is 13.0. The first-order valence-electron chi connectivity index (χ1n) is 8.41. The maximum Gasteiger partial charge on any atom is 0.263 e. The molecule has 2 heterocycles. The SMILES string of the molecule is CCCC[NH+]1Cc2c(sc(C)c2C)N(C(=O)c2ccccc2)C1. The van der Waals surface area contributed by atoms with Gasteiger partial charge in [-0.25, -0.2) is 0 Å². The number of hydrogen-bond donors (Lipinski definition) is 1. The number of unbranched alkanes of at least 4 members (excludes halogenated alkanes) is 1. The molecule has 1 amide bonds. The van der Waals surface area contributed by atoms with Crippen molar-refractivity contribution in [2.45, 2.75) is 40.2 Å². The largest absolute Gasteiger partial charge is 0.314 e. The van der Waals surface area contributed by atoms with E-state index in [9.17, 15) is 4.79 Å². The fourth-order valence-electron chi connectivity index (χ4n) is 3.18. The molecule has 1 atom stereocenters. The van der Waals surface area contributed by atoms with Crippen molar-refractivity contribution in [1.82, 2.24) is 0 Å². The van der Waals surface area contributed by atoms with Crippen LogP contribution in [0.4, 0.5) is 5.00 Å². The van der Waals surface area contributed by atoms with Crippen LogP contribution in [0.15, 0.2) is 30.3 Å². The Morgan fingerprint density at radius 2 is 2.00 bits per heavy atom. The van der Waals surface area contributed by atoms with Crippen molar-refractivity contribution in [1.29, 1.82) is 0 Å². The van der Waals surface area contributed by atoms with Crippen molar-refractivity contribution in [3.8, 4) is 0 Å². The molecule has 0 bridgehead atoms. The van der Waals surface area contributed by atoms with Crippen LogP contribution in [0.3, 0.4) is 0 Å². The summed E-state index contributed by atoms with van der Waals surface area (Å²) in [6.07, 6.45) is 2.41. The molecule has 23 heavy (non-hydrogen) atoms. The number of anilines is 1. The Labute approximate surface area is 142 Å². The number of rotatable bonds is 4. The zero-order chi connectivity index (χ0) is 16.4. The van der Waals surface area contributed by atoms with Crippen LogP contribution in [0.5, 0.6) is 0 Å². The van der Waals surface area contributed by atoms with Gasteiger partial charge in [-0.3, -0.25) is 9.69 Å².